The highest BCUT2D eigenvalue weighted by Crippen LogP contribution is 2.50. The fourth-order valence-corrected chi connectivity index (χ4v) is 8.66. The molecule has 0 heterocycles. The summed E-state index contributed by atoms with van der Waals surface area (Å²) in [6.45, 7) is 15.8. The van der Waals surface area contributed by atoms with Gasteiger partial charge in [-0.15, -0.1) is 0 Å². The molecule has 0 saturated heterocycles. The largest absolute Gasteiger partial charge is 0.310 e. The zero-order chi connectivity index (χ0) is 40.2. The molecule has 0 unspecified atom stereocenters. The number of nitrogens with zero attached hydrogens (tertiary/aromatic N) is 1. The molecule has 284 valence electrons. The van der Waals surface area contributed by atoms with Gasteiger partial charge < -0.3 is 4.90 Å². The Hall–Kier alpha value is -6.44. The first-order valence-corrected chi connectivity index (χ1v) is 20.6. The number of hydrogen-bond acceptors (Lipinski definition) is 1. The first kappa shape index (κ1) is 37.2. The van der Waals surface area contributed by atoms with Gasteiger partial charge in [0, 0.05) is 17.1 Å². The zero-order valence-electron chi connectivity index (χ0n) is 34.8. The van der Waals surface area contributed by atoms with Gasteiger partial charge in [-0.2, -0.15) is 0 Å². The molecule has 0 N–H and O–H groups in total. The summed E-state index contributed by atoms with van der Waals surface area (Å²) < 4.78 is 0. The molecule has 0 bridgehead atoms. The number of anilines is 3. The number of aryl methyl sites for hydroxylation is 1. The van der Waals surface area contributed by atoms with Crippen LogP contribution in [0, 0.1) is 6.92 Å². The minimum absolute atomic E-state index is 0.0626. The van der Waals surface area contributed by atoms with Gasteiger partial charge in [-0.3, -0.25) is 0 Å². The second kappa shape index (κ2) is 14.5. The van der Waals surface area contributed by atoms with Crippen LogP contribution in [0.25, 0.3) is 65.7 Å². The Morgan fingerprint density at radius 1 is 0.345 bits per heavy atom. The van der Waals surface area contributed by atoms with Crippen molar-refractivity contribution in [1.82, 2.24) is 0 Å². The van der Waals surface area contributed by atoms with Crippen LogP contribution in [0.1, 0.15) is 58.2 Å². The molecule has 0 fully saturated rings. The van der Waals surface area contributed by atoms with Crippen molar-refractivity contribution < 1.29 is 0 Å². The first-order chi connectivity index (χ1) is 28.0. The standard InChI is InChI=1S/C57H51N/c1-38-22-24-40(25-23-38)51-37-50(39-16-10-8-11-17-39)53(41-18-12-9-13-19-41)55-49-35-34-46(36-52(49)47-20-14-15-21-48(47)54(51)55)58(44-30-26-42(27-31-44)56(2,3)4)45-32-28-43(29-33-45)57(5,6)7/h8-37H,1-7H3. The molecule has 0 spiro atoms. The van der Waals surface area contributed by atoms with E-state index in [0.717, 1.165) is 17.1 Å². The summed E-state index contributed by atoms with van der Waals surface area (Å²) in [5.41, 5.74) is 14.8. The third-order valence-corrected chi connectivity index (χ3v) is 11.8. The maximum absolute atomic E-state index is 2.45. The summed E-state index contributed by atoms with van der Waals surface area (Å²) in [5, 5.41) is 7.54. The van der Waals surface area contributed by atoms with E-state index in [1.165, 1.54) is 82.4 Å². The molecule has 9 aromatic rings. The van der Waals surface area contributed by atoms with Crippen molar-refractivity contribution in [3.8, 4) is 33.4 Å². The Labute approximate surface area is 344 Å². The van der Waals surface area contributed by atoms with E-state index in [-0.39, 0.29) is 10.8 Å². The summed E-state index contributed by atoms with van der Waals surface area (Å²) in [6, 6.07) is 67.9. The van der Waals surface area contributed by atoms with Gasteiger partial charge in [0.25, 0.3) is 0 Å². The lowest BCUT2D eigenvalue weighted by molar-refractivity contribution is 0.590. The zero-order valence-corrected chi connectivity index (χ0v) is 34.8. The molecule has 0 aliphatic carbocycles. The first-order valence-electron chi connectivity index (χ1n) is 20.6. The van der Waals surface area contributed by atoms with Crippen LogP contribution in [0.2, 0.25) is 0 Å². The van der Waals surface area contributed by atoms with Gasteiger partial charge in [0.2, 0.25) is 0 Å². The molecule has 0 amide bonds. The van der Waals surface area contributed by atoms with Gasteiger partial charge in [-0.1, -0.05) is 187 Å². The van der Waals surface area contributed by atoms with E-state index >= 15 is 0 Å². The van der Waals surface area contributed by atoms with Crippen LogP contribution in [0.15, 0.2) is 182 Å². The number of hydrogen-bond donors (Lipinski definition) is 0. The molecule has 0 saturated carbocycles. The summed E-state index contributed by atoms with van der Waals surface area (Å²) in [4.78, 5) is 2.42. The Balaban J connectivity index is 1.40. The second-order valence-corrected chi connectivity index (χ2v) is 17.9. The van der Waals surface area contributed by atoms with Gasteiger partial charge in [0.05, 0.1) is 0 Å². The topological polar surface area (TPSA) is 3.24 Å². The van der Waals surface area contributed by atoms with Crippen LogP contribution >= 0.6 is 0 Å². The third-order valence-electron chi connectivity index (χ3n) is 11.8. The van der Waals surface area contributed by atoms with Crippen molar-refractivity contribution >= 4 is 49.4 Å². The van der Waals surface area contributed by atoms with Crippen LogP contribution in [0.4, 0.5) is 17.1 Å². The van der Waals surface area contributed by atoms with Crippen molar-refractivity contribution in [2.45, 2.75) is 59.3 Å². The summed E-state index contributed by atoms with van der Waals surface area (Å²) in [5.74, 6) is 0. The molecule has 0 atom stereocenters. The molecule has 0 aliphatic rings. The molecule has 1 heteroatoms. The van der Waals surface area contributed by atoms with Crippen LogP contribution < -0.4 is 4.90 Å². The molecule has 9 rings (SSSR count). The normalized spacial score (nSPS) is 12.1. The lowest BCUT2D eigenvalue weighted by atomic mass is 9.81. The predicted molar refractivity (Wildman–Crippen MR) is 252 cm³/mol. The van der Waals surface area contributed by atoms with Crippen molar-refractivity contribution in [3.05, 3.63) is 199 Å². The monoisotopic (exact) mass is 749 g/mol. The Kier molecular flexibility index (Phi) is 9.29. The van der Waals surface area contributed by atoms with Gasteiger partial charge in [-0.25, -0.2) is 0 Å². The number of fused-ring (bicyclic) bond motifs is 6. The highest BCUT2D eigenvalue weighted by atomic mass is 15.1. The molecule has 58 heavy (non-hydrogen) atoms. The predicted octanol–water partition coefficient (Wildman–Crippen LogP) is 16.5. The average molecular weight is 750 g/mol. The van der Waals surface area contributed by atoms with Crippen molar-refractivity contribution in [1.29, 1.82) is 0 Å². The molecular formula is C57H51N. The minimum Gasteiger partial charge on any atom is -0.310 e. The maximum atomic E-state index is 2.45. The molecule has 9 aromatic carbocycles. The highest BCUT2D eigenvalue weighted by molar-refractivity contribution is 6.33. The Bertz CT molecular complexity index is 2850. The van der Waals surface area contributed by atoms with E-state index in [1.807, 2.05) is 0 Å². The third kappa shape index (κ3) is 6.75. The van der Waals surface area contributed by atoms with Gasteiger partial charge in [0.1, 0.15) is 0 Å². The quantitative estimate of drug-likeness (QED) is 0.153. The summed E-state index contributed by atoms with van der Waals surface area (Å²) in [6.07, 6.45) is 0. The van der Waals surface area contributed by atoms with Crippen LogP contribution in [-0.4, -0.2) is 0 Å². The Morgan fingerprint density at radius 2 is 0.810 bits per heavy atom. The van der Waals surface area contributed by atoms with E-state index in [1.54, 1.807) is 0 Å². The number of benzene rings is 9. The molecule has 0 aliphatic heterocycles. The molecule has 0 radical (unpaired) electrons. The maximum Gasteiger partial charge on any atom is 0.0468 e. The van der Waals surface area contributed by atoms with Crippen LogP contribution in [0.5, 0.6) is 0 Å². The minimum atomic E-state index is 0.0626. The van der Waals surface area contributed by atoms with Crippen molar-refractivity contribution in [2.24, 2.45) is 0 Å². The second-order valence-electron chi connectivity index (χ2n) is 17.9. The highest BCUT2D eigenvalue weighted by Gasteiger charge is 2.24. The molecule has 1 nitrogen and oxygen atoms in total. The van der Waals surface area contributed by atoms with Gasteiger partial charge >= 0.3 is 0 Å². The Morgan fingerprint density at radius 3 is 1.36 bits per heavy atom. The van der Waals surface area contributed by atoms with Crippen molar-refractivity contribution in [3.63, 3.8) is 0 Å². The van der Waals surface area contributed by atoms with Gasteiger partial charge in [0.15, 0.2) is 0 Å². The smallest absolute Gasteiger partial charge is 0.0468 e. The average Bonchev–Trinajstić information content (AvgIpc) is 3.24. The summed E-state index contributed by atoms with van der Waals surface area (Å²) >= 11 is 0. The van der Waals surface area contributed by atoms with E-state index in [2.05, 4.69) is 235 Å². The van der Waals surface area contributed by atoms with E-state index in [9.17, 15) is 0 Å². The fourth-order valence-electron chi connectivity index (χ4n) is 8.66. The lowest BCUT2D eigenvalue weighted by Crippen LogP contribution is -2.14. The lowest BCUT2D eigenvalue weighted by Gasteiger charge is -2.29. The van der Waals surface area contributed by atoms with Crippen molar-refractivity contribution in [2.75, 3.05) is 4.90 Å². The van der Waals surface area contributed by atoms with E-state index in [4.69, 9.17) is 0 Å². The van der Waals surface area contributed by atoms with Gasteiger partial charge in [-0.05, 0) is 137 Å². The fraction of sp³-hybridized carbons (Fsp3) is 0.158. The molecular weight excluding hydrogens is 699 g/mol. The summed E-state index contributed by atoms with van der Waals surface area (Å²) in [7, 11) is 0. The molecule has 0 aromatic heterocycles. The van der Waals surface area contributed by atoms with Crippen LogP contribution in [-0.2, 0) is 10.8 Å². The SMILES string of the molecule is Cc1ccc(-c2cc(-c3ccccc3)c(-c3ccccc3)c3c4ccc(N(c5ccc(C(C)(C)C)cc5)c5ccc(C(C)(C)C)cc5)cc4c4ccccc4c23)cc1. The number of rotatable bonds is 6. The van der Waals surface area contributed by atoms with E-state index < -0.39 is 0 Å². The van der Waals surface area contributed by atoms with Crippen LogP contribution in [0.3, 0.4) is 0 Å². The van der Waals surface area contributed by atoms with E-state index in [0.29, 0.717) is 0 Å².